The molecule has 21 N–H and O–H groups in total. The van der Waals surface area contributed by atoms with E-state index < -0.39 is 120 Å². The number of halogens is 20. The topological polar surface area (TPSA) is 552 Å². The number of carbonyl (C=O) groups is 6. The number of oxime groups is 1. The Kier molecular flexibility index (Phi) is 58.3. The van der Waals surface area contributed by atoms with Gasteiger partial charge in [0.25, 0.3) is 17.6 Å². The summed E-state index contributed by atoms with van der Waals surface area (Å²) in [6, 6.07) is 20.9. The van der Waals surface area contributed by atoms with E-state index in [0.717, 1.165) is 19.2 Å². The van der Waals surface area contributed by atoms with Crippen molar-refractivity contribution in [2.45, 2.75) is 17.5 Å². The molecule has 0 atom stereocenters. The van der Waals surface area contributed by atoms with E-state index in [2.05, 4.69) is 138 Å². The number of nitrogens with one attached hydrogen (secondary N) is 2. The van der Waals surface area contributed by atoms with Crippen molar-refractivity contribution in [3.05, 3.63) is 211 Å². The predicted molar refractivity (Wildman–Crippen MR) is 404 cm³/mol. The van der Waals surface area contributed by atoms with Crippen molar-refractivity contribution in [1.29, 1.82) is 0 Å². The van der Waals surface area contributed by atoms with Gasteiger partial charge in [-0.3, -0.25) is 38.0 Å². The Balaban J connectivity index is -0.000000270. The average molecular weight is 2120 g/mol. The first kappa shape index (κ1) is 110. The fourth-order valence-corrected chi connectivity index (χ4v) is 8.37. The van der Waals surface area contributed by atoms with Crippen LogP contribution >= 0.6 is 170 Å². The maximum Gasteiger partial charge on any atom is 1.00 e. The van der Waals surface area contributed by atoms with Crippen LogP contribution in [0.5, 0.6) is 0 Å². The fraction of sp³-hybridized carbons (Fsp3) is 0.109. The third kappa shape index (κ3) is 41.4. The minimum absolute atomic E-state index is 0. The van der Waals surface area contributed by atoms with Crippen molar-refractivity contribution in [2.24, 2.45) is 11.0 Å². The number of anilines is 6. The molecule has 8 rings (SSSR count). The van der Waals surface area contributed by atoms with Gasteiger partial charge in [0.05, 0.1) is 118 Å². The zero-order valence-electron chi connectivity index (χ0n) is 53.2. The molecule has 0 saturated carbocycles. The molecule has 52 heteroatoms. The number of ether oxygens (including phenoxy) is 1. The molecule has 1 aliphatic rings. The van der Waals surface area contributed by atoms with Crippen molar-refractivity contribution in [3.63, 3.8) is 0 Å². The Hall–Kier alpha value is -5.49. The summed E-state index contributed by atoms with van der Waals surface area (Å²) in [6.45, 7) is 0. The number of nitrogen functional groups attached to an aromatic ring is 4. The minimum Gasteiger partial charge on any atom is -0.488 e. The summed E-state index contributed by atoms with van der Waals surface area (Å²) in [5.74, 6) is -6.21. The number of nitro groups is 1. The number of carbonyl (C=O) groups excluding carboxylic acids is 4. The maximum absolute atomic E-state index is 13.3. The Morgan fingerprint density at radius 1 is 0.692 bits per heavy atom. The number of aliphatic hydroxyl groups excluding tert-OH is 2. The molecule has 0 radical (unpaired) electrons. The third-order valence-corrected chi connectivity index (χ3v) is 16.2. The molecule has 7 aromatic rings. The zero-order chi connectivity index (χ0) is 83.8. The van der Waals surface area contributed by atoms with Crippen LogP contribution in [0, 0.1) is 50.8 Å². The first-order chi connectivity index (χ1) is 48.8. The van der Waals surface area contributed by atoms with Crippen molar-refractivity contribution in [3.8, 4) is 0 Å². The molecule has 0 aliphatic carbocycles. The van der Waals surface area contributed by atoms with Crippen LogP contribution < -0.4 is 69.0 Å². The number of ketones is 1. The van der Waals surface area contributed by atoms with Crippen LogP contribution in [0.2, 0.25) is 10.0 Å². The largest absolute Gasteiger partial charge is 1.00 e. The summed E-state index contributed by atoms with van der Waals surface area (Å²) >= 11 is 46.2. The molecule has 1 aliphatic heterocycles. The van der Waals surface area contributed by atoms with Gasteiger partial charge >= 0.3 is 63.6 Å². The number of methoxy groups -OCH3 is 1. The number of hydrogen-bond acceptors (Lipinski definition) is 22. The monoisotopic (exact) mass is 2110 g/mol. The molecule has 30 nitrogen and oxygen atoms in total. The number of fused-ring (bicyclic) bond motifs is 1. The van der Waals surface area contributed by atoms with Crippen molar-refractivity contribution < 1.29 is 158 Å². The number of esters is 1. The smallest absolute Gasteiger partial charge is 0.488 e. The second-order valence-corrected chi connectivity index (χ2v) is 26.6. The Morgan fingerprint density at radius 2 is 1.06 bits per heavy atom. The zero-order valence-corrected chi connectivity index (χ0v) is 69.9. The SMILES string of the molecule is C.CO.COC(=O)c1cc(Cl)c(Br)c(F)c1N.N[N-]O.Nc1c(C(=O)O)cc(Cl)c(Br)c1F.Nc1c(C(=O)O)ccc(Br)c1F.Nc1cccc(Br)c1F.O=C(C=NO)Nc1cccc(Br)c1F.O=C1Nc2c(ccc(Br)c2F)C1=O.O=S(=O)(O)O.O=[N+]([O-])c1cccc(Br)c1F.OC(O)C(Cl)(Cl)Cl.[2H]CF.[Na+]. The molecular weight excluding hydrogens is 2060 g/mol. The third-order valence-electron chi connectivity index (χ3n) is 9.97. The number of nitrogens with two attached hydrogens (primary N) is 5. The number of carboxylic acids is 2. The maximum atomic E-state index is 13.3. The Bertz CT molecular complexity index is 4310. The van der Waals surface area contributed by atoms with Gasteiger partial charge in [-0.1, -0.05) is 88.8 Å². The summed E-state index contributed by atoms with van der Waals surface area (Å²) in [4.78, 5) is 74.2. The van der Waals surface area contributed by atoms with Crippen LogP contribution in [0.4, 0.5) is 74.9 Å². The van der Waals surface area contributed by atoms with Gasteiger partial charge in [-0.25, -0.2) is 40.7 Å². The van der Waals surface area contributed by atoms with Gasteiger partial charge in [-0.15, -0.1) is 0 Å². The number of Topliss-reactive ketones (excluding diaryl/α,β-unsaturated/α-hetero) is 1. The molecule has 0 spiro atoms. The van der Waals surface area contributed by atoms with Gasteiger partial charge in [0.2, 0.25) is 9.61 Å². The Labute approximate surface area is 706 Å². The molecule has 0 unspecified atom stereocenters. The van der Waals surface area contributed by atoms with Crippen LogP contribution in [0.15, 0.2) is 127 Å². The van der Waals surface area contributed by atoms with E-state index in [1.165, 1.54) is 67.8 Å². The van der Waals surface area contributed by atoms with E-state index in [4.69, 9.17) is 136 Å². The molecule has 7 aromatic carbocycles. The van der Waals surface area contributed by atoms with Crippen molar-refractivity contribution >= 4 is 261 Å². The molecule has 0 bridgehead atoms. The minimum atomic E-state index is -4.67. The summed E-state index contributed by atoms with van der Waals surface area (Å²) in [7, 11) is -3.49. The van der Waals surface area contributed by atoms with E-state index >= 15 is 0 Å². The van der Waals surface area contributed by atoms with Gasteiger partial charge < -0.3 is 85.7 Å². The van der Waals surface area contributed by atoms with E-state index in [1.54, 1.807) is 18.2 Å². The number of carboxylic acid groups (broad SMARTS) is 2. The molecule has 1 heterocycles. The van der Waals surface area contributed by atoms with Crippen LogP contribution in [-0.2, 0) is 24.7 Å². The number of nitrogens with zero attached hydrogens (tertiary/aromatic N) is 3. The van der Waals surface area contributed by atoms with Crippen LogP contribution in [0.3, 0.4) is 0 Å². The van der Waals surface area contributed by atoms with Gasteiger partial charge in [0.1, 0.15) is 6.21 Å². The van der Waals surface area contributed by atoms with E-state index in [1.807, 2.05) is 5.59 Å². The molecular formula is C55H51Br7Cl5F8N10NaO20S. The number of nitro benzene ring substituents is 1. The molecule has 0 saturated heterocycles. The van der Waals surface area contributed by atoms with Gasteiger partial charge in [-0.05, 0) is 178 Å². The van der Waals surface area contributed by atoms with Gasteiger partial charge in [0.15, 0.2) is 41.2 Å². The second kappa shape index (κ2) is 56.7. The number of amides is 2. The summed E-state index contributed by atoms with van der Waals surface area (Å²) in [5.41, 5.74) is 21.0. The van der Waals surface area contributed by atoms with Crippen LogP contribution in [0.1, 0.15) is 50.2 Å². The summed E-state index contributed by atoms with van der Waals surface area (Å²) in [5, 5.41) is 72.3. The predicted octanol–water partition coefficient (Wildman–Crippen LogP) is 12.8. The second-order valence-electron chi connectivity index (χ2n) is 16.7. The van der Waals surface area contributed by atoms with Gasteiger partial charge in [-0.2, -0.15) is 12.8 Å². The van der Waals surface area contributed by atoms with Crippen LogP contribution in [0.25, 0.3) is 5.59 Å². The first-order valence-electron chi connectivity index (χ1n) is 25.7. The number of aromatic carboxylic acids is 2. The standard InChI is InChI=1S/C8H6BrClFNO2.C8H6BrFN2O2.C8H3BrFNO2.C7H4BrClFNO2.C7H5BrFNO2.C6H3BrFNO2.C6H5BrFN.C2H3Cl3O2.CH3F.CH4O.CH4.H3N2O.Na.H2O4S/c1-14-8(13)3-2-4(10)5(9)6(11)7(3)12;9-5-2-1-3-6(8(5)10)12-7(13)4-11-14;9-4-2-1-3-6(5(4)10)11-8(13)7(3)12;8-4-3(9)1-2(7(12)13)6(11)5(4)10;8-4-2-1-3(7(11)12)6(10)5(4)9;7-4-2-1-3-5(6(4)8)9(10)11;7-4-2-1-3-5(9)6(4)8;3-2(4,5)1(6)7;2*1-2;;1-2-3;;1-5(2,3)4/h2H,12H2,1H3;1-4,14H,(H,12,13);1-2H,(H,11,12,13);1H,11H2,(H,12,13);1-2H,10H2,(H,11,12);1-3H;1-3H,9H2;1,6-7H;1H3;2H,1H3;1H4;3H,1H2;;(H2,1,2,3,4)/q;;;;;;;;;;;-1;+1;/i;;;;;;;;1D;;;;;. The number of aliphatic hydroxyl groups is 3. The average Bonchev–Trinajstić information content (AvgIpc) is 1.59. The molecule has 2 amide bonds. The summed E-state index contributed by atoms with van der Waals surface area (Å²) in [6.07, 6.45) is -1.27. The number of rotatable bonds is 6. The van der Waals surface area contributed by atoms with Crippen molar-refractivity contribution in [1.82, 2.24) is 0 Å². The molecule has 107 heavy (non-hydrogen) atoms. The molecule has 0 fully saturated rings. The molecule has 588 valence electrons. The van der Waals surface area contributed by atoms with E-state index in [9.17, 15) is 74.0 Å². The number of benzene rings is 7. The van der Waals surface area contributed by atoms with E-state index in [-0.39, 0.29) is 125 Å². The fourth-order valence-electron chi connectivity index (χ4n) is 5.55. The molecule has 0 aromatic heterocycles. The summed E-state index contributed by atoms with van der Waals surface area (Å²) < 4.78 is 142. The normalized spacial score (nSPS) is 10.3. The van der Waals surface area contributed by atoms with Gasteiger partial charge in [0, 0.05) is 13.2 Å². The van der Waals surface area contributed by atoms with Crippen molar-refractivity contribution in [2.75, 3.05) is 54.9 Å². The Morgan fingerprint density at radius 3 is 1.44 bits per heavy atom. The number of alkyl halides is 4. The number of hydrogen-bond donors (Lipinski definition) is 16. The van der Waals surface area contributed by atoms with Crippen LogP contribution in [-0.4, -0.2) is 132 Å². The van der Waals surface area contributed by atoms with E-state index in [0.29, 0.717) is 10.7 Å². The first-order valence-corrected chi connectivity index (χ1v) is 33.8. The quantitative estimate of drug-likeness (QED) is 0.00583.